The Labute approximate surface area is 177 Å². The molecule has 3 rings (SSSR count). The molecule has 1 saturated heterocycles. The van der Waals surface area contributed by atoms with E-state index in [1.807, 2.05) is 0 Å². The fraction of sp³-hybridized carbons (Fsp3) is 0.789. The second-order valence-corrected chi connectivity index (χ2v) is 8.13. The lowest BCUT2D eigenvalue weighted by molar-refractivity contribution is -0.346. The normalized spacial score (nSPS) is 44.6. The van der Waals surface area contributed by atoms with Gasteiger partial charge >= 0.3 is 11.9 Å². The topological polar surface area (TPSA) is 181 Å². The minimum absolute atomic E-state index is 0.0181. The van der Waals surface area contributed by atoms with Gasteiger partial charge in [0.25, 0.3) is 0 Å². The molecule has 0 aromatic heterocycles. The average Bonchev–Trinajstić information content (AvgIpc) is 2.98. The third-order valence-electron chi connectivity index (χ3n) is 6.02. The lowest BCUT2D eigenvalue weighted by Gasteiger charge is -2.44. The number of ether oxygens (including phenoxy) is 5. The van der Waals surface area contributed by atoms with Crippen molar-refractivity contribution >= 4 is 11.9 Å². The number of carbonyl (C=O) groups excluding carboxylic acids is 2. The highest BCUT2D eigenvalue weighted by atomic mass is 16.8. The van der Waals surface area contributed by atoms with Crippen LogP contribution in [0.5, 0.6) is 0 Å². The van der Waals surface area contributed by atoms with Crippen molar-refractivity contribution < 1.29 is 58.8 Å². The maximum Gasteiger partial charge on any atom is 0.337 e. The van der Waals surface area contributed by atoms with Gasteiger partial charge in [-0.2, -0.15) is 0 Å². The van der Waals surface area contributed by atoms with E-state index in [0.29, 0.717) is 0 Å². The molecule has 31 heavy (non-hydrogen) atoms. The van der Waals surface area contributed by atoms with Crippen LogP contribution in [-0.4, -0.2) is 99.9 Å². The summed E-state index contributed by atoms with van der Waals surface area (Å²) in [7, 11) is 1.17. The number of aliphatic hydroxyl groups excluding tert-OH is 5. The molecule has 10 atom stereocenters. The lowest BCUT2D eigenvalue weighted by Crippen LogP contribution is -2.61. The molecule has 12 heteroatoms. The third-order valence-corrected chi connectivity index (χ3v) is 6.02. The van der Waals surface area contributed by atoms with Crippen molar-refractivity contribution in [1.29, 1.82) is 0 Å². The van der Waals surface area contributed by atoms with E-state index in [-0.39, 0.29) is 12.0 Å². The Kier molecular flexibility index (Phi) is 6.91. The van der Waals surface area contributed by atoms with Gasteiger partial charge in [0.1, 0.15) is 30.0 Å². The second kappa shape index (κ2) is 8.98. The minimum Gasteiger partial charge on any atom is -0.471 e. The number of carbonyl (C=O) groups is 2. The van der Waals surface area contributed by atoms with Gasteiger partial charge in [-0.1, -0.05) is 0 Å². The molecule has 176 valence electrons. The molecule has 3 aliphatic rings. The Balaban J connectivity index is 1.93. The summed E-state index contributed by atoms with van der Waals surface area (Å²) in [6.45, 7) is 2.09. The van der Waals surface area contributed by atoms with Crippen molar-refractivity contribution in [3.63, 3.8) is 0 Å². The number of hydrogen-bond donors (Lipinski definition) is 5. The van der Waals surface area contributed by atoms with Gasteiger partial charge in [-0.15, -0.1) is 0 Å². The fourth-order valence-electron chi connectivity index (χ4n) is 4.63. The number of rotatable bonds is 5. The number of aliphatic hydroxyl groups is 5. The van der Waals surface area contributed by atoms with Gasteiger partial charge in [0, 0.05) is 19.3 Å². The van der Waals surface area contributed by atoms with E-state index in [9.17, 15) is 35.1 Å². The first-order chi connectivity index (χ1) is 14.5. The van der Waals surface area contributed by atoms with Crippen LogP contribution in [0.1, 0.15) is 20.3 Å². The fourth-order valence-corrected chi connectivity index (χ4v) is 4.63. The highest BCUT2D eigenvalue weighted by Gasteiger charge is 2.61. The van der Waals surface area contributed by atoms with Crippen LogP contribution in [0.3, 0.4) is 0 Å². The maximum absolute atomic E-state index is 12.2. The lowest BCUT2D eigenvalue weighted by atomic mass is 9.80. The molecule has 2 heterocycles. The molecule has 1 aliphatic carbocycles. The Hall–Kier alpha value is -1.80. The molecule has 12 nitrogen and oxygen atoms in total. The summed E-state index contributed by atoms with van der Waals surface area (Å²) in [5.41, 5.74) is -1.30. The van der Waals surface area contributed by atoms with Crippen LogP contribution in [0.25, 0.3) is 0 Å². The van der Waals surface area contributed by atoms with Gasteiger partial charge < -0.3 is 49.2 Å². The van der Waals surface area contributed by atoms with Crippen molar-refractivity contribution in [2.24, 2.45) is 11.8 Å². The van der Waals surface area contributed by atoms with Crippen molar-refractivity contribution in [3.8, 4) is 0 Å². The van der Waals surface area contributed by atoms with Crippen LogP contribution >= 0.6 is 0 Å². The SMILES string of the molecule is COC(=O)C1=CO[C@@H](O[C@H]2O[C@@H](CO)[C@@H](O)[C@@H](O)[C@H]2O)[C@H]2[C@H]1[C@@H](O)C[C@@]2(C)OC(C)=O. The molecular formula is C19H28O12. The monoisotopic (exact) mass is 448 g/mol. The van der Waals surface area contributed by atoms with Crippen molar-refractivity contribution in [1.82, 2.24) is 0 Å². The molecule has 2 fully saturated rings. The Morgan fingerprint density at radius 1 is 1.16 bits per heavy atom. The first-order valence-corrected chi connectivity index (χ1v) is 9.81. The van der Waals surface area contributed by atoms with Crippen LogP contribution in [-0.2, 0) is 33.3 Å². The number of methoxy groups -OCH3 is 1. The summed E-state index contributed by atoms with van der Waals surface area (Å²) in [6, 6.07) is 0. The van der Waals surface area contributed by atoms with E-state index in [4.69, 9.17) is 23.7 Å². The van der Waals surface area contributed by atoms with Gasteiger partial charge in [-0.25, -0.2) is 4.79 Å². The molecular weight excluding hydrogens is 420 g/mol. The average molecular weight is 448 g/mol. The van der Waals surface area contributed by atoms with E-state index in [1.54, 1.807) is 6.92 Å². The van der Waals surface area contributed by atoms with Gasteiger partial charge in [0.15, 0.2) is 6.29 Å². The number of fused-ring (bicyclic) bond motifs is 1. The summed E-state index contributed by atoms with van der Waals surface area (Å²) < 4.78 is 26.8. The predicted molar refractivity (Wildman–Crippen MR) is 97.6 cm³/mol. The number of hydrogen-bond acceptors (Lipinski definition) is 12. The Bertz CT molecular complexity index is 723. The third kappa shape index (κ3) is 4.29. The molecule has 1 saturated carbocycles. The van der Waals surface area contributed by atoms with Crippen LogP contribution < -0.4 is 0 Å². The van der Waals surface area contributed by atoms with Gasteiger partial charge in [-0.05, 0) is 6.92 Å². The van der Waals surface area contributed by atoms with Crippen LogP contribution in [0.2, 0.25) is 0 Å². The largest absolute Gasteiger partial charge is 0.471 e. The summed E-state index contributed by atoms with van der Waals surface area (Å²) in [4.78, 5) is 23.9. The minimum atomic E-state index is -1.70. The molecule has 0 radical (unpaired) electrons. The molecule has 2 aliphatic heterocycles. The van der Waals surface area contributed by atoms with Crippen LogP contribution in [0, 0.1) is 11.8 Å². The first kappa shape index (κ1) is 23.9. The smallest absolute Gasteiger partial charge is 0.337 e. The highest BCUT2D eigenvalue weighted by Crippen LogP contribution is 2.51. The molecule has 0 unspecified atom stereocenters. The zero-order chi connectivity index (χ0) is 23.1. The predicted octanol–water partition coefficient (Wildman–Crippen LogP) is -2.47. The van der Waals surface area contributed by atoms with Crippen molar-refractivity contribution in [3.05, 3.63) is 11.8 Å². The van der Waals surface area contributed by atoms with Gasteiger partial charge in [0.05, 0.1) is 37.6 Å². The standard InChI is InChI=1S/C19H28O12/c1-7(21)31-19(2)4-9(22)11-8(16(26)27-3)6-28-17(12(11)19)30-18-15(25)14(24)13(23)10(5-20)29-18/h6,9-15,17-18,20,22-25H,4-5H2,1-3H3/t9-,10-,11+,12+,13+,14+,15+,17-,18+,19+/m0/s1. The Morgan fingerprint density at radius 3 is 2.42 bits per heavy atom. The Morgan fingerprint density at radius 2 is 1.84 bits per heavy atom. The quantitative estimate of drug-likeness (QED) is 0.280. The summed E-state index contributed by atoms with van der Waals surface area (Å²) in [5.74, 6) is -3.18. The summed E-state index contributed by atoms with van der Waals surface area (Å²) in [6.07, 6.45) is -9.07. The van der Waals surface area contributed by atoms with E-state index in [0.717, 1.165) is 6.26 Å². The summed E-state index contributed by atoms with van der Waals surface area (Å²) >= 11 is 0. The van der Waals surface area contributed by atoms with Gasteiger partial charge in [-0.3, -0.25) is 4.79 Å². The molecule has 0 spiro atoms. The molecule has 0 aromatic carbocycles. The van der Waals surface area contributed by atoms with E-state index < -0.39 is 79.1 Å². The summed E-state index contributed by atoms with van der Waals surface area (Å²) in [5, 5.41) is 50.3. The zero-order valence-corrected chi connectivity index (χ0v) is 17.3. The second-order valence-electron chi connectivity index (χ2n) is 8.13. The maximum atomic E-state index is 12.2. The van der Waals surface area contributed by atoms with Crippen LogP contribution in [0.4, 0.5) is 0 Å². The molecule has 0 amide bonds. The van der Waals surface area contributed by atoms with E-state index in [2.05, 4.69) is 0 Å². The first-order valence-electron chi connectivity index (χ1n) is 9.81. The molecule has 0 bridgehead atoms. The van der Waals surface area contributed by atoms with Gasteiger partial charge in [0.2, 0.25) is 6.29 Å². The van der Waals surface area contributed by atoms with Crippen molar-refractivity contribution in [2.45, 2.75) is 69.0 Å². The van der Waals surface area contributed by atoms with Crippen molar-refractivity contribution in [2.75, 3.05) is 13.7 Å². The molecule has 0 aromatic rings. The highest BCUT2D eigenvalue weighted by molar-refractivity contribution is 5.89. The number of esters is 2. The van der Waals surface area contributed by atoms with E-state index in [1.165, 1.54) is 14.0 Å². The van der Waals surface area contributed by atoms with Crippen LogP contribution in [0.15, 0.2) is 11.8 Å². The molecule has 5 N–H and O–H groups in total. The zero-order valence-electron chi connectivity index (χ0n) is 17.3. The van der Waals surface area contributed by atoms with E-state index >= 15 is 0 Å².